The van der Waals surface area contributed by atoms with E-state index in [-0.39, 0.29) is 23.5 Å². The molecule has 1 heterocycles. The highest BCUT2D eigenvalue weighted by atomic mass is 32.1. The Kier molecular flexibility index (Phi) is 6.40. The van der Waals surface area contributed by atoms with E-state index in [1.807, 2.05) is 32.0 Å². The van der Waals surface area contributed by atoms with Crippen LogP contribution in [0.5, 0.6) is 5.75 Å². The van der Waals surface area contributed by atoms with Crippen molar-refractivity contribution in [3.05, 3.63) is 63.6 Å². The van der Waals surface area contributed by atoms with Gasteiger partial charge < -0.3 is 20.7 Å². The van der Waals surface area contributed by atoms with Crippen LogP contribution in [0.1, 0.15) is 25.9 Å². The summed E-state index contributed by atoms with van der Waals surface area (Å²) in [6, 6.07) is 12.3. The summed E-state index contributed by atoms with van der Waals surface area (Å²) in [6.07, 6.45) is 0. The maximum absolute atomic E-state index is 12.3. The van der Waals surface area contributed by atoms with Gasteiger partial charge >= 0.3 is 6.03 Å². The first-order valence-electron chi connectivity index (χ1n) is 8.84. The molecule has 0 spiro atoms. The first kappa shape index (κ1) is 20.3. The highest BCUT2D eigenvalue weighted by Gasteiger charge is 2.14. The van der Waals surface area contributed by atoms with Crippen molar-refractivity contribution in [3.8, 4) is 5.75 Å². The average molecular weight is 411 g/mol. The Morgan fingerprint density at radius 3 is 2.38 bits per heavy atom. The molecule has 1 aromatic heterocycles. The molecule has 0 saturated heterocycles. The van der Waals surface area contributed by atoms with E-state index in [0.29, 0.717) is 22.1 Å². The molecule has 3 aromatic rings. The van der Waals surface area contributed by atoms with Crippen molar-refractivity contribution in [2.75, 3.05) is 17.7 Å². The third kappa shape index (κ3) is 5.52. The Hall–Kier alpha value is -3.46. The molecule has 0 fully saturated rings. The number of aryl methyl sites for hydroxylation is 2. The molecule has 29 heavy (non-hydrogen) atoms. The van der Waals surface area contributed by atoms with E-state index in [9.17, 15) is 9.59 Å². The molecule has 0 saturated carbocycles. The van der Waals surface area contributed by atoms with Crippen molar-refractivity contribution in [2.45, 2.75) is 20.4 Å². The number of anilines is 2. The molecule has 3 rings (SSSR count). The number of urea groups is 1. The molecule has 2 aromatic carbocycles. The molecule has 8 nitrogen and oxygen atoms in total. The lowest BCUT2D eigenvalue weighted by molar-refractivity contribution is 0.102. The van der Waals surface area contributed by atoms with E-state index in [4.69, 9.17) is 4.74 Å². The van der Waals surface area contributed by atoms with Crippen LogP contribution >= 0.6 is 11.3 Å². The number of aromatic nitrogens is 2. The quantitative estimate of drug-likeness (QED) is 0.573. The van der Waals surface area contributed by atoms with Gasteiger partial charge in [-0.2, -0.15) is 0 Å². The summed E-state index contributed by atoms with van der Waals surface area (Å²) >= 11 is 1.12. The molecular formula is C20H21N5O3S. The maximum Gasteiger partial charge on any atom is 0.319 e. The minimum absolute atomic E-state index is 0.171. The predicted molar refractivity (Wildman–Crippen MR) is 113 cm³/mol. The monoisotopic (exact) mass is 411 g/mol. The minimum atomic E-state index is -0.363. The van der Waals surface area contributed by atoms with E-state index in [1.165, 1.54) is 0 Å². The fraction of sp³-hybridized carbons (Fsp3) is 0.200. The van der Waals surface area contributed by atoms with Crippen LogP contribution in [0.15, 0.2) is 42.5 Å². The standard InChI is InChI=1S/C20H21N5O3S/c1-12-4-5-15(10-13(12)2)23-20(27)21-11-17-24-25-19(29-17)18(26)22-14-6-8-16(28-3)9-7-14/h4-10H,11H2,1-3H3,(H,22,26)(H2,21,23,27). The van der Waals surface area contributed by atoms with E-state index in [1.54, 1.807) is 31.4 Å². The van der Waals surface area contributed by atoms with Crippen LogP contribution in [0.2, 0.25) is 0 Å². The van der Waals surface area contributed by atoms with Crippen LogP contribution in [0, 0.1) is 13.8 Å². The number of carbonyl (C=O) groups excluding carboxylic acids is 2. The SMILES string of the molecule is COc1ccc(NC(=O)c2nnc(CNC(=O)Nc3ccc(C)c(C)c3)s2)cc1. The molecule has 0 unspecified atom stereocenters. The second-order valence-electron chi connectivity index (χ2n) is 6.29. The molecule has 9 heteroatoms. The first-order valence-corrected chi connectivity index (χ1v) is 9.66. The summed E-state index contributed by atoms with van der Waals surface area (Å²) < 4.78 is 5.08. The van der Waals surface area contributed by atoms with Gasteiger partial charge in [-0.3, -0.25) is 4.79 Å². The third-order valence-corrected chi connectivity index (χ3v) is 5.10. The van der Waals surface area contributed by atoms with Crippen molar-refractivity contribution in [3.63, 3.8) is 0 Å². The third-order valence-electron chi connectivity index (χ3n) is 4.17. The molecule has 0 aliphatic heterocycles. The van der Waals surface area contributed by atoms with Crippen molar-refractivity contribution in [2.24, 2.45) is 0 Å². The largest absolute Gasteiger partial charge is 0.497 e. The average Bonchev–Trinajstić information content (AvgIpc) is 3.19. The summed E-state index contributed by atoms with van der Waals surface area (Å²) in [5.74, 6) is 0.338. The number of nitrogens with one attached hydrogen (secondary N) is 3. The van der Waals surface area contributed by atoms with E-state index >= 15 is 0 Å². The highest BCUT2D eigenvalue weighted by molar-refractivity contribution is 7.13. The number of methoxy groups -OCH3 is 1. The molecular weight excluding hydrogens is 390 g/mol. The summed E-state index contributed by atoms with van der Waals surface area (Å²) in [7, 11) is 1.58. The van der Waals surface area contributed by atoms with Gasteiger partial charge in [0.1, 0.15) is 10.8 Å². The lowest BCUT2D eigenvalue weighted by Gasteiger charge is -2.08. The van der Waals surface area contributed by atoms with Crippen molar-refractivity contribution >= 4 is 34.6 Å². The van der Waals surface area contributed by atoms with Crippen LogP contribution in [0.4, 0.5) is 16.2 Å². The van der Waals surface area contributed by atoms with Gasteiger partial charge in [0.2, 0.25) is 5.01 Å². The van der Waals surface area contributed by atoms with Crippen LogP contribution in [0.3, 0.4) is 0 Å². The Balaban J connectivity index is 1.51. The second-order valence-corrected chi connectivity index (χ2v) is 7.35. The Bertz CT molecular complexity index is 1020. The van der Waals surface area contributed by atoms with Crippen molar-refractivity contribution in [1.82, 2.24) is 15.5 Å². The number of carbonyl (C=O) groups is 2. The van der Waals surface area contributed by atoms with Crippen LogP contribution in [-0.2, 0) is 6.54 Å². The molecule has 0 aliphatic rings. The maximum atomic E-state index is 12.3. The van der Waals surface area contributed by atoms with Gasteiger partial charge in [0, 0.05) is 11.4 Å². The number of ether oxygens (including phenoxy) is 1. The van der Waals surface area contributed by atoms with E-state index < -0.39 is 0 Å². The van der Waals surface area contributed by atoms with Crippen LogP contribution in [0.25, 0.3) is 0 Å². The fourth-order valence-electron chi connectivity index (χ4n) is 2.43. The van der Waals surface area contributed by atoms with Gasteiger partial charge in [-0.05, 0) is 61.4 Å². The fourth-order valence-corrected chi connectivity index (χ4v) is 3.10. The zero-order valence-electron chi connectivity index (χ0n) is 16.3. The topological polar surface area (TPSA) is 105 Å². The van der Waals surface area contributed by atoms with Gasteiger partial charge in [0.15, 0.2) is 0 Å². The minimum Gasteiger partial charge on any atom is -0.497 e. The Labute approximate surface area is 172 Å². The highest BCUT2D eigenvalue weighted by Crippen LogP contribution is 2.17. The predicted octanol–water partition coefficient (Wildman–Crippen LogP) is 3.74. The summed E-state index contributed by atoms with van der Waals surface area (Å²) in [6.45, 7) is 4.17. The number of hydrogen-bond donors (Lipinski definition) is 3. The van der Waals surface area contributed by atoms with E-state index in [2.05, 4.69) is 26.1 Å². The summed E-state index contributed by atoms with van der Waals surface area (Å²) in [5.41, 5.74) is 3.59. The first-order chi connectivity index (χ1) is 13.9. The zero-order chi connectivity index (χ0) is 20.8. The number of rotatable bonds is 6. The second kappa shape index (κ2) is 9.16. The van der Waals surface area contributed by atoms with Crippen molar-refractivity contribution in [1.29, 1.82) is 0 Å². The number of benzene rings is 2. The number of hydrogen-bond acceptors (Lipinski definition) is 6. The molecule has 0 atom stereocenters. The van der Waals surface area contributed by atoms with Gasteiger partial charge in [-0.1, -0.05) is 17.4 Å². The smallest absolute Gasteiger partial charge is 0.319 e. The number of amides is 3. The molecule has 3 amide bonds. The van der Waals surface area contributed by atoms with Gasteiger partial charge in [-0.15, -0.1) is 10.2 Å². The van der Waals surface area contributed by atoms with Gasteiger partial charge in [-0.25, -0.2) is 4.79 Å². The van der Waals surface area contributed by atoms with E-state index in [0.717, 1.165) is 22.5 Å². The lowest BCUT2D eigenvalue weighted by Crippen LogP contribution is -2.28. The molecule has 150 valence electrons. The van der Waals surface area contributed by atoms with Crippen LogP contribution in [-0.4, -0.2) is 29.2 Å². The molecule has 0 radical (unpaired) electrons. The Morgan fingerprint density at radius 1 is 0.966 bits per heavy atom. The van der Waals surface area contributed by atoms with Crippen molar-refractivity contribution < 1.29 is 14.3 Å². The molecule has 0 aliphatic carbocycles. The number of nitrogens with zero attached hydrogens (tertiary/aromatic N) is 2. The van der Waals surface area contributed by atoms with Gasteiger partial charge in [0.25, 0.3) is 5.91 Å². The molecule has 0 bridgehead atoms. The van der Waals surface area contributed by atoms with Crippen LogP contribution < -0.4 is 20.7 Å². The normalized spacial score (nSPS) is 10.3. The molecule has 3 N–H and O–H groups in total. The lowest BCUT2D eigenvalue weighted by atomic mass is 10.1. The summed E-state index contributed by atoms with van der Waals surface area (Å²) in [4.78, 5) is 24.3. The Morgan fingerprint density at radius 2 is 1.69 bits per heavy atom. The van der Waals surface area contributed by atoms with Gasteiger partial charge in [0.05, 0.1) is 13.7 Å². The summed E-state index contributed by atoms with van der Waals surface area (Å²) in [5, 5.41) is 16.8. The zero-order valence-corrected chi connectivity index (χ0v) is 17.1.